The third-order valence-corrected chi connectivity index (χ3v) is 5.27. The fourth-order valence-corrected chi connectivity index (χ4v) is 4.35. The van der Waals surface area contributed by atoms with E-state index in [4.69, 9.17) is 0 Å². The van der Waals surface area contributed by atoms with E-state index in [9.17, 15) is 0 Å². The molecule has 3 rings (SSSR count). The number of nitrogens with zero attached hydrogens (tertiary/aromatic N) is 1. The van der Waals surface area contributed by atoms with Crippen LogP contribution in [-0.4, -0.2) is 31.1 Å². The summed E-state index contributed by atoms with van der Waals surface area (Å²) in [7, 11) is 2.08. The van der Waals surface area contributed by atoms with Crippen LogP contribution in [0.1, 0.15) is 50.1 Å². The molecule has 2 fully saturated rings. The van der Waals surface area contributed by atoms with Gasteiger partial charge in [0.05, 0.1) is 0 Å². The predicted octanol–water partition coefficient (Wildman–Crippen LogP) is 3.60. The summed E-state index contributed by atoms with van der Waals surface area (Å²) in [5.74, 6) is 0.959. The van der Waals surface area contributed by atoms with E-state index in [1.54, 1.807) is 0 Å². The van der Waals surface area contributed by atoms with Gasteiger partial charge in [-0.2, -0.15) is 0 Å². The fourth-order valence-electron chi connectivity index (χ4n) is 4.35. The summed E-state index contributed by atoms with van der Waals surface area (Å²) < 4.78 is 0. The van der Waals surface area contributed by atoms with Gasteiger partial charge in [-0.1, -0.05) is 43.2 Å². The highest BCUT2D eigenvalue weighted by molar-refractivity contribution is 5.20. The van der Waals surface area contributed by atoms with Crippen molar-refractivity contribution in [3.8, 4) is 0 Å². The molecule has 1 aromatic rings. The minimum absolute atomic E-state index is 0.548. The van der Waals surface area contributed by atoms with Crippen LogP contribution >= 0.6 is 0 Å². The molecule has 1 aliphatic carbocycles. The summed E-state index contributed by atoms with van der Waals surface area (Å²) in [6.07, 6.45) is 8.60. The first-order chi connectivity index (χ1) is 9.90. The van der Waals surface area contributed by atoms with E-state index < -0.39 is 0 Å². The lowest BCUT2D eigenvalue weighted by Crippen LogP contribution is -2.50. The average molecular weight is 272 g/mol. The van der Waals surface area contributed by atoms with E-state index in [1.165, 1.54) is 50.6 Å². The molecule has 1 saturated heterocycles. The van der Waals surface area contributed by atoms with Gasteiger partial charge in [-0.15, -0.1) is 0 Å². The first-order valence-electron chi connectivity index (χ1n) is 8.35. The van der Waals surface area contributed by atoms with E-state index in [2.05, 4.69) is 47.6 Å². The van der Waals surface area contributed by atoms with Gasteiger partial charge in [0.1, 0.15) is 0 Å². The van der Waals surface area contributed by atoms with Crippen molar-refractivity contribution >= 4 is 0 Å². The highest BCUT2D eigenvalue weighted by Crippen LogP contribution is 2.39. The molecule has 2 heteroatoms. The molecule has 0 amide bonds. The lowest BCUT2D eigenvalue weighted by Gasteiger charge is -2.48. The molecular formula is C18H28N2. The molecule has 0 radical (unpaired) electrons. The number of benzene rings is 1. The van der Waals surface area contributed by atoms with Gasteiger partial charge in [-0.05, 0) is 50.8 Å². The summed E-state index contributed by atoms with van der Waals surface area (Å²) in [4.78, 5) is 2.82. The van der Waals surface area contributed by atoms with Crippen LogP contribution in [0.15, 0.2) is 30.3 Å². The lowest BCUT2D eigenvalue weighted by atomic mass is 9.77. The van der Waals surface area contributed by atoms with E-state index in [0.29, 0.717) is 6.04 Å². The second kappa shape index (κ2) is 6.73. The number of nitrogens with one attached hydrogen (secondary N) is 1. The third kappa shape index (κ3) is 2.91. The van der Waals surface area contributed by atoms with Crippen LogP contribution in [0, 0.1) is 5.92 Å². The molecule has 0 spiro atoms. The maximum Gasteiger partial charge on any atom is 0.0475 e. The molecule has 0 bridgehead atoms. The topological polar surface area (TPSA) is 15.3 Å². The monoisotopic (exact) mass is 272 g/mol. The maximum absolute atomic E-state index is 3.42. The number of hydrogen-bond acceptors (Lipinski definition) is 2. The van der Waals surface area contributed by atoms with Crippen molar-refractivity contribution < 1.29 is 0 Å². The van der Waals surface area contributed by atoms with Crippen molar-refractivity contribution in [1.82, 2.24) is 10.2 Å². The first-order valence-corrected chi connectivity index (χ1v) is 8.35. The average Bonchev–Trinajstić information content (AvgIpc) is 2.53. The Morgan fingerprint density at radius 3 is 2.65 bits per heavy atom. The minimum Gasteiger partial charge on any atom is -0.318 e. The minimum atomic E-state index is 0.548. The van der Waals surface area contributed by atoms with Crippen molar-refractivity contribution in [1.29, 1.82) is 0 Å². The summed E-state index contributed by atoms with van der Waals surface area (Å²) in [5, 5.41) is 3.42. The summed E-state index contributed by atoms with van der Waals surface area (Å²) in [6.45, 7) is 2.34. The van der Waals surface area contributed by atoms with Gasteiger partial charge < -0.3 is 5.32 Å². The Labute approximate surface area is 123 Å². The van der Waals surface area contributed by atoms with Crippen molar-refractivity contribution in [2.24, 2.45) is 5.92 Å². The van der Waals surface area contributed by atoms with Crippen molar-refractivity contribution in [2.45, 2.75) is 50.6 Å². The summed E-state index contributed by atoms with van der Waals surface area (Å²) in [5.41, 5.74) is 1.48. The highest BCUT2D eigenvalue weighted by Gasteiger charge is 2.36. The SMILES string of the molecule is CNCC(c1ccccc1)N1CCC[C@H]2CCCC[C@H]21. The number of fused-ring (bicyclic) bond motifs is 1. The molecule has 0 aromatic heterocycles. The van der Waals surface area contributed by atoms with Gasteiger partial charge >= 0.3 is 0 Å². The molecule has 110 valence electrons. The number of hydrogen-bond donors (Lipinski definition) is 1. The molecule has 2 aliphatic rings. The maximum atomic E-state index is 3.42. The molecule has 20 heavy (non-hydrogen) atoms. The van der Waals surface area contributed by atoms with Crippen molar-refractivity contribution in [3.63, 3.8) is 0 Å². The molecular weight excluding hydrogens is 244 g/mol. The van der Waals surface area contributed by atoms with E-state index in [-0.39, 0.29) is 0 Å². The molecule has 1 N–H and O–H groups in total. The normalized spacial score (nSPS) is 28.9. The molecule has 1 aromatic carbocycles. The first kappa shape index (κ1) is 14.1. The van der Waals surface area contributed by atoms with Crippen LogP contribution < -0.4 is 5.32 Å². The largest absolute Gasteiger partial charge is 0.318 e. The predicted molar refractivity (Wildman–Crippen MR) is 84.8 cm³/mol. The number of rotatable bonds is 4. The van der Waals surface area contributed by atoms with Crippen LogP contribution in [0.2, 0.25) is 0 Å². The standard InChI is InChI=1S/C18H28N2/c1-19-14-18(16-8-3-2-4-9-16)20-13-7-11-15-10-5-6-12-17(15)20/h2-4,8-9,15,17-19H,5-7,10-14H2,1H3/t15-,17-,18?/m1/s1. The highest BCUT2D eigenvalue weighted by atomic mass is 15.2. The van der Waals surface area contributed by atoms with Crippen molar-refractivity contribution in [2.75, 3.05) is 20.1 Å². The van der Waals surface area contributed by atoms with Crippen LogP contribution in [0.5, 0.6) is 0 Å². The Morgan fingerprint density at radius 1 is 1.10 bits per heavy atom. The third-order valence-electron chi connectivity index (χ3n) is 5.27. The van der Waals surface area contributed by atoms with Crippen molar-refractivity contribution in [3.05, 3.63) is 35.9 Å². The van der Waals surface area contributed by atoms with Gasteiger partial charge in [-0.3, -0.25) is 4.90 Å². The zero-order valence-corrected chi connectivity index (χ0v) is 12.7. The lowest BCUT2D eigenvalue weighted by molar-refractivity contribution is 0.0254. The molecule has 2 nitrogen and oxygen atoms in total. The number of piperidine rings is 1. The second-order valence-electron chi connectivity index (χ2n) is 6.48. The van der Waals surface area contributed by atoms with Gasteiger partial charge in [0.2, 0.25) is 0 Å². The van der Waals surface area contributed by atoms with Gasteiger partial charge in [0, 0.05) is 18.6 Å². The quantitative estimate of drug-likeness (QED) is 0.901. The fraction of sp³-hybridized carbons (Fsp3) is 0.667. The zero-order valence-electron chi connectivity index (χ0n) is 12.7. The Balaban J connectivity index is 1.82. The summed E-state index contributed by atoms with van der Waals surface area (Å²) >= 11 is 0. The molecule has 1 saturated carbocycles. The van der Waals surface area contributed by atoms with E-state index in [0.717, 1.165) is 18.5 Å². The van der Waals surface area contributed by atoms with Crippen LogP contribution in [-0.2, 0) is 0 Å². The zero-order chi connectivity index (χ0) is 13.8. The summed E-state index contributed by atoms with van der Waals surface area (Å²) in [6, 6.07) is 12.5. The number of likely N-dealkylation sites (tertiary alicyclic amines) is 1. The molecule has 3 atom stereocenters. The Morgan fingerprint density at radius 2 is 1.85 bits per heavy atom. The molecule has 1 heterocycles. The van der Waals surface area contributed by atoms with Gasteiger partial charge in [0.25, 0.3) is 0 Å². The van der Waals surface area contributed by atoms with E-state index in [1.807, 2.05) is 0 Å². The Hall–Kier alpha value is -0.860. The van der Waals surface area contributed by atoms with Gasteiger partial charge in [0.15, 0.2) is 0 Å². The second-order valence-corrected chi connectivity index (χ2v) is 6.48. The molecule has 1 aliphatic heterocycles. The van der Waals surface area contributed by atoms with Gasteiger partial charge in [-0.25, -0.2) is 0 Å². The Bertz CT molecular complexity index is 401. The number of likely N-dealkylation sites (N-methyl/N-ethyl adjacent to an activating group) is 1. The van der Waals surface area contributed by atoms with Crippen LogP contribution in [0.3, 0.4) is 0 Å². The Kier molecular flexibility index (Phi) is 4.74. The molecule has 1 unspecified atom stereocenters. The van der Waals surface area contributed by atoms with Crippen LogP contribution in [0.25, 0.3) is 0 Å². The van der Waals surface area contributed by atoms with Crippen LogP contribution in [0.4, 0.5) is 0 Å². The van der Waals surface area contributed by atoms with E-state index >= 15 is 0 Å². The smallest absolute Gasteiger partial charge is 0.0475 e.